The van der Waals surface area contributed by atoms with Gasteiger partial charge in [-0.1, -0.05) is 26.7 Å². The highest BCUT2D eigenvalue weighted by atomic mass is 16.2. The van der Waals surface area contributed by atoms with E-state index in [4.69, 9.17) is 0 Å². The van der Waals surface area contributed by atoms with Crippen molar-refractivity contribution in [2.45, 2.75) is 102 Å². The predicted molar refractivity (Wildman–Crippen MR) is 102 cm³/mol. The maximum Gasteiger partial charge on any atom is 0.318 e. The number of likely N-dealkylation sites (tertiary alicyclic amines) is 1. The number of amides is 2. The van der Waals surface area contributed by atoms with Crippen molar-refractivity contribution in [3.05, 3.63) is 0 Å². The number of nitrogens with one attached hydrogen (secondary N) is 1. The van der Waals surface area contributed by atoms with E-state index < -0.39 is 0 Å². The van der Waals surface area contributed by atoms with Crippen molar-refractivity contribution in [2.75, 3.05) is 13.1 Å². The highest BCUT2D eigenvalue weighted by Gasteiger charge is 2.44. The van der Waals surface area contributed by atoms with Gasteiger partial charge in [-0.2, -0.15) is 0 Å². The van der Waals surface area contributed by atoms with Gasteiger partial charge >= 0.3 is 6.03 Å². The van der Waals surface area contributed by atoms with Crippen molar-refractivity contribution in [1.29, 1.82) is 0 Å². The number of piperidine rings is 1. The molecule has 2 aliphatic carbocycles. The van der Waals surface area contributed by atoms with Crippen LogP contribution in [0, 0.1) is 11.8 Å². The number of rotatable bonds is 3. The first-order valence-corrected chi connectivity index (χ1v) is 11.0. The van der Waals surface area contributed by atoms with Crippen LogP contribution >= 0.6 is 0 Å². The summed E-state index contributed by atoms with van der Waals surface area (Å²) in [5, 5.41) is 3.27. The monoisotopic (exact) mass is 347 g/mol. The molecule has 2 heterocycles. The first kappa shape index (κ1) is 17.6. The molecule has 2 saturated carbocycles. The van der Waals surface area contributed by atoms with Gasteiger partial charge in [0.2, 0.25) is 0 Å². The second-order valence-electron chi connectivity index (χ2n) is 9.39. The number of carbonyl (C=O) groups excluding carboxylic acids is 1. The van der Waals surface area contributed by atoms with Gasteiger partial charge < -0.3 is 15.1 Å². The molecule has 2 aliphatic heterocycles. The van der Waals surface area contributed by atoms with Crippen LogP contribution in [0.15, 0.2) is 0 Å². The quantitative estimate of drug-likeness (QED) is 0.837. The van der Waals surface area contributed by atoms with E-state index in [0.717, 1.165) is 17.9 Å². The molecule has 1 N–H and O–H groups in total. The fraction of sp³-hybridized carbons (Fsp3) is 0.952. The van der Waals surface area contributed by atoms with Gasteiger partial charge in [0.1, 0.15) is 0 Å². The Morgan fingerprint density at radius 3 is 2.24 bits per heavy atom. The second kappa shape index (κ2) is 7.46. The van der Waals surface area contributed by atoms with Gasteiger partial charge in [-0.15, -0.1) is 0 Å². The van der Waals surface area contributed by atoms with Crippen LogP contribution in [0.4, 0.5) is 4.79 Å². The molecule has 4 aliphatic rings. The molecule has 4 fully saturated rings. The number of urea groups is 1. The Labute approximate surface area is 153 Å². The largest absolute Gasteiger partial charge is 0.333 e. The standard InChI is InChI=1S/C21H37N3O/c1-15(2)16-7-9-17(10-8-16)23-13-11-18(12-14-23)24-20-6-4-3-5-19(20)22-21(24)25/h15-20H,3-14H2,1-2H3,(H,22,25)/t16?,17?,19-,20+/m0/s1. The number of carbonyl (C=O) groups is 1. The Hall–Kier alpha value is -0.770. The Kier molecular flexibility index (Phi) is 5.26. The van der Waals surface area contributed by atoms with E-state index in [1.807, 2.05) is 0 Å². The molecule has 0 radical (unpaired) electrons. The molecule has 2 amide bonds. The first-order chi connectivity index (χ1) is 12.1. The van der Waals surface area contributed by atoms with E-state index >= 15 is 0 Å². The van der Waals surface area contributed by atoms with Crippen LogP contribution in [-0.4, -0.2) is 53.1 Å². The number of hydrogen-bond donors (Lipinski definition) is 1. The Morgan fingerprint density at radius 2 is 1.56 bits per heavy atom. The van der Waals surface area contributed by atoms with E-state index in [2.05, 4.69) is 29.0 Å². The summed E-state index contributed by atoms with van der Waals surface area (Å²) in [5.41, 5.74) is 0. The summed E-state index contributed by atoms with van der Waals surface area (Å²) in [5.74, 6) is 1.80. The van der Waals surface area contributed by atoms with Crippen molar-refractivity contribution in [3.8, 4) is 0 Å². The molecule has 2 saturated heterocycles. The second-order valence-corrected chi connectivity index (χ2v) is 9.39. The smallest absolute Gasteiger partial charge is 0.318 e. The number of nitrogens with zero attached hydrogens (tertiary/aromatic N) is 2. The number of fused-ring (bicyclic) bond motifs is 1. The van der Waals surface area contributed by atoms with Gasteiger partial charge in [-0.25, -0.2) is 4.79 Å². The predicted octanol–water partition coefficient (Wildman–Crippen LogP) is 4.00. The molecule has 4 rings (SSSR count). The van der Waals surface area contributed by atoms with Crippen LogP contribution in [0.25, 0.3) is 0 Å². The van der Waals surface area contributed by atoms with Gasteiger partial charge in [0.25, 0.3) is 0 Å². The normalized spacial score (nSPS) is 38.0. The van der Waals surface area contributed by atoms with Gasteiger partial charge in [0.05, 0.1) is 12.1 Å². The van der Waals surface area contributed by atoms with Gasteiger partial charge in [-0.05, 0) is 63.2 Å². The average Bonchev–Trinajstić information content (AvgIpc) is 2.97. The summed E-state index contributed by atoms with van der Waals surface area (Å²) in [6.07, 6.45) is 13.0. The topological polar surface area (TPSA) is 35.6 Å². The molecule has 0 spiro atoms. The lowest BCUT2D eigenvalue weighted by molar-refractivity contribution is 0.0605. The molecule has 25 heavy (non-hydrogen) atoms. The third-order valence-corrected chi connectivity index (χ3v) is 7.72. The van der Waals surface area contributed by atoms with E-state index in [0.29, 0.717) is 18.1 Å². The zero-order chi connectivity index (χ0) is 17.4. The Bertz CT molecular complexity index is 464. The lowest BCUT2D eigenvalue weighted by Gasteiger charge is -2.44. The van der Waals surface area contributed by atoms with Crippen LogP contribution in [-0.2, 0) is 0 Å². The fourth-order valence-electron chi connectivity index (χ4n) is 6.10. The summed E-state index contributed by atoms with van der Waals surface area (Å²) in [6, 6.07) is 2.44. The Balaban J connectivity index is 1.29. The molecule has 4 nitrogen and oxygen atoms in total. The van der Waals surface area contributed by atoms with E-state index in [9.17, 15) is 4.79 Å². The van der Waals surface area contributed by atoms with Gasteiger partial charge in [0, 0.05) is 25.2 Å². The molecular formula is C21H37N3O. The number of hydrogen-bond acceptors (Lipinski definition) is 2. The van der Waals surface area contributed by atoms with Crippen LogP contribution < -0.4 is 5.32 Å². The summed E-state index contributed by atoms with van der Waals surface area (Å²) in [6.45, 7) is 7.16. The summed E-state index contributed by atoms with van der Waals surface area (Å²) < 4.78 is 0. The molecule has 0 aromatic rings. The van der Waals surface area contributed by atoms with Gasteiger partial charge in [0.15, 0.2) is 0 Å². The van der Waals surface area contributed by atoms with Crippen LogP contribution in [0.1, 0.15) is 78.1 Å². The SMILES string of the molecule is CC(C)C1CCC(N2CCC(N3C(=O)N[C@H]4CCCC[C@H]43)CC2)CC1. The maximum atomic E-state index is 12.5. The third kappa shape index (κ3) is 3.56. The first-order valence-electron chi connectivity index (χ1n) is 11.0. The van der Waals surface area contributed by atoms with Crippen LogP contribution in [0.2, 0.25) is 0 Å². The van der Waals surface area contributed by atoms with Crippen molar-refractivity contribution in [1.82, 2.24) is 15.1 Å². The summed E-state index contributed by atoms with van der Waals surface area (Å²) in [4.78, 5) is 17.5. The van der Waals surface area contributed by atoms with E-state index in [1.54, 1.807) is 0 Å². The zero-order valence-electron chi connectivity index (χ0n) is 16.3. The lowest BCUT2D eigenvalue weighted by atomic mass is 9.79. The minimum absolute atomic E-state index is 0.229. The highest BCUT2D eigenvalue weighted by molar-refractivity contribution is 5.78. The summed E-state index contributed by atoms with van der Waals surface area (Å²) >= 11 is 0. The zero-order valence-corrected chi connectivity index (χ0v) is 16.3. The van der Waals surface area contributed by atoms with E-state index in [1.165, 1.54) is 77.3 Å². The molecular weight excluding hydrogens is 310 g/mol. The van der Waals surface area contributed by atoms with Crippen LogP contribution in [0.3, 0.4) is 0 Å². The van der Waals surface area contributed by atoms with Crippen molar-refractivity contribution < 1.29 is 4.79 Å². The lowest BCUT2D eigenvalue weighted by Crippen LogP contribution is -2.52. The van der Waals surface area contributed by atoms with Crippen molar-refractivity contribution >= 4 is 6.03 Å². The maximum absolute atomic E-state index is 12.5. The minimum atomic E-state index is 0.229. The average molecular weight is 348 g/mol. The van der Waals surface area contributed by atoms with Crippen LogP contribution in [0.5, 0.6) is 0 Å². The summed E-state index contributed by atoms with van der Waals surface area (Å²) in [7, 11) is 0. The molecule has 142 valence electrons. The van der Waals surface area contributed by atoms with E-state index in [-0.39, 0.29) is 6.03 Å². The fourth-order valence-corrected chi connectivity index (χ4v) is 6.10. The Morgan fingerprint density at radius 1 is 0.880 bits per heavy atom. The molecule has 2 atom stereocenters. The molecule has 0 bridgehead atoms. The third-order valence-electron chi connectivity index (χ3n) is 7.72. The van der Waals surface area contributed by atoms with Crippen molar-refractivity contribution in [2.24, 2.45) is 11.8 Å². The van der Waals surface area contributed by atoms with Gasteiger partial charge in [-0.3, -0.25) is 0 Å². The molecule has 4 heteroatoms. The highest BCUT2D eigenvalue weighted by Crippen LogP contribution is 2.35. The molecule has 0 aromatic heterocycles. The molecule has 0 unspecified atom stereocenters. The minimum Gasteiger partial charge on any atom is -0.333 e. The molecule has 0 aromatic carbocycles. The van der Waals surface area contributed by atoms with Crippen molar-refractivity contribution in [3.63, 3.8) is 0 Å².